The van der Waals surface area contributed by atoms with E-state index in [2.05, 4.69) is 5.32 Å². The van der Waals surface area contributed by atoms with E-state index in [1.165, 1.54) is 18.2 Å². The quantitative estimate of drug-likeness (QED) is 0.639. The molecule has 23 heavy (non-hydrogen) atoms. The zero-order chi connectivity index (χ0) is 16.4. The molecular weight excluding hydrogens is 337 g/mol. The third kappa shape index (κ3) is 3.50. The number of furan rings is 1. The van der Waals surface area contributed by atoms with E-state index < -0.39 is 5.91 Å². The molecule has 0 aliphatic carbocycles. The molecule has 0 aliphatic rings. The molecule has 0 unspecified atom stereocenters. The van der Waals surface area contributed by atoms with Crippen molar-refractivity contribution in [1.29, 1.82) is 0 Å². The van der Waals surface area contributed by atoms with Gasteiger partial charge in [-0.2, -0.15) is 0 Å². The van der Waals surface area contributed by atoms with Gasteiger partial charge in [0.15, 0.2) is 5.76 Å². The summed E-state index contributed by atoms with van der Waals surface area (Å²) >= 11 is 11.8. The summed E-state index contributed by atoms with van der Waals surface area (Å²) < 4.78 is 5.54. The van der Waals surface area contributed by atoms with Gasteiger partial charge in [0.1, 0.15) is 11.5 Å². The lowest BCUT2D eigenvalue weighted by Gasteiger charge is -2.06. The molecule has 2 aromatic carbocycles. The second kappa shape index (κ2) is 6.36. The van der Waals surface area contributed by atoms with Crippen LogP contribution in [-0.2, 0) is 0 Å². The molecule has 1 amide bonds. The zero-order valence-corrected chi connectivity index (χ0v) is 13.2. The summed E-state index contributed by atoms with van der Waals surface area (Å²) in [5.41, 5.74) is 0.977. The fourth-order valence-electron chi connectivity index (χ4n) is 2.05. The van der Waals surface area contributed by atoms with Gasteiger partial charge in [-0.1, -0.05) is 35.3 Å². The van der Waals surface area contributed by atoms with Crippen LogP contribution in [0, 0.1) is 0 Å². The molecule has 4 nitrogen and oxygen atoms in total. The van der Waals surface area contributed by atoms with Gasteiger partial charge in [-0.15, -0.1) is 0 Å². The second-order valence-corrected chi connectivity index (χ2v) is 5.66. The minimum absolute atomic E-state index is 0.0793. The number of aromatic hydroxyl groups is 1. The minimum atomic E-state index is -0.490. The third-order valence-electron chi connectivity index (χ3n) is 3.15. The number of nitrogens with one attached hydrogen (secondary N) is 1. The summed E-state index contributed by atoms with van der Waals surface area (Å²) in [6.07, 6.45) is 0. The van der Waals surface area contributed by atoms with Gasteiger partial charge in [-0.25, -0.2) is 0 Å². The Balaban J connectivity index is 1.82. The van der Waals surface area contributed by atoms with Crippen molar-refractivity contribution in [1.82, 2.24) is 0 Å². The number of hydrogen-bond acceptors (Lipinski definition) is 3. The fourth-order valence-corrected chi connectivity index (χ4v) is 2.41. The van der Waals surface area contributed by atoms with Gasteiger partial charge in [0.25, 0.3) is 5.91 Å². The maximum Gasteiger partial charge on any atom is 0.291 e. The van der Waals surface area contributed by atoms with Gasteiger partial charge >= 0.3 is 0 Å². The van der Waals surface area contributed by atoms with Crippen LogP contribution in [0.4, 0.5) is 5.69 Å². The molecule has 0 saturated carbocycles. The first-order chi connectivity index (χ1) is 11.0. The minimum Gasteiger partial charge on any atom is -0.506 e. The fraction of sp³-hybridized carbons (Fsp3) is 0. The van der Waals surface area contributed by atoms with Crippen molar-refractivity contribution in [2.45, 2.75) is 0 Å². The van der Waals surface area contributed by atoms with Gasteiger partial charge in [0.2, 0.25) is 0 Å². The first-order valence-corrected chi connectivity index (χ1v) is 7.44. The van der Waals surface area contributed by atoms with Crippen LogP contribution in [0.5, 0.6) is 5.75 Å². The standard InChI is InChI=1S/C17H11Cl2NO3/c18-11-3-1-2-10(8-11)15-6-7-16(23-15)17(22)20-13-9-12(19)4-5-14(13)21/h1-9,21H,(H,20,22). The maximum atomic E-state index is 12.2. The highest BCUT2D eigenvalue weighted by Crippen LogP contribution is 2.28. The molecular formula is C17H11Cl2NO3. The van der Waals surface area contributed by atoms with E-state index in [9.17, 15) is 9.90 Å². The lowest BCUT2D eigenvalue weighted by atomic mass is 10.2. The van der Waals surface area contributed by atoms with Crippen molar-refractivity contribution in [3.05, 3.63) is 70.4 Å². The highest BCUT2D eigenvalue weighted by Gasteiger charge is 2.14. The number of benzene rings is 2. The smallest absolute Gasteiger partial charge is 0.291 e. The Bertz CT molecular complexity index is 874. The summed E-state index contributed by atoms with van der Waals surface area (Å²) in [5, 5.41) is 13.3. The van der Waals surface area contributed by atoms with Gasteiger partial charge in [-0.05, 0) is 42.5 Å². The lowest BCUT2D eigenvalue weighted by molar-refractivity contribution is 0.0997. The molecule has 0 radical (unpaired) electrons. The Kier molecular flexibility index (Phi) is 4.28. The normalized spacial score (nSPS) is 10.5. The van der Waals surface area contributed by atoms with E-state index in [-0.39, 0.29) is 17.2 Å². The molecule has 116 valence electrons. The Hall–Kier alpha value is -2.43. The van der Waals surface area contributed by atoms with Crippen LogP contribution in [0.3, 0.4) is 0 Å². The maximum absolute atomic E-state index is 12.2. The van der Waals surface area contributed by atoms with E-state index in [1.807, 2.05) is 6.07 Å². The summed E-state index contributed by atoms with van der Waals surface area (Å²) in [6.45, 7) is 0. The van der Waals surface area contributed by atoms with Crippen LogP contribution in [0.25, 0.3) is 11.3 Å². The highest BCUT2D eigenvalue weighted by atomic mass is 35.5. The second-order valence-electron chi connectivity index (χ2n) is 4.79. The van der Waals surface area contributed by atoms with Crippen LogP contribution in [0.2, 0.25) is 10.0 Å². The molecule has 1 aromatic heterocycles. The monoisotopic (exact) mass is 347 g/mol. The largest absolute Gasteiger partial charge is 0.506 e. The van der Waals surface area contributed by atoms with Crippen LogP contribution in [0.1, 0.15) is 10.6 Å². The summed E-state index contributed by atoms with van der Waals surface area (Å²) in [5.74, 6) is 0.0625. The Morgan fingerprint density at radius 2 is 1.78 bits per heavy atom. The van der Waals surface area contributed by atoms with E-state index in [0.29, 0.717) is 15.8 Å². The van der Waals surface area contributed by atoms with Crippen LogP contribution in [0.15, 0.2) is 59.0 Å². The Labute approximate surface area is 142 Å². The molecule has 0 atom stereocenters. The van der Waals surface area contributed by atoms with Gasteiger partial charge < -0.3 is 14.8 Å². The first kappa shape index (κ1) is 15.5. The lowest BCUT2D eigenvalue weighted by Crippen LogP contribution is -2.10. The van der Waals surface area contributed by atoms with Crippen LogP contribution in [-0.4, -0.2) is 11.0 Å². The predicted octanol–water partition coefficient (Wildman–Crippen LogP) is 5.21. The van der Waals surface area contributed by atoms with Crippen molar-refractivity contribution in [2.24, 2.45) is 0 Å². The number of hydrogen-bond donors (Lipinski definition) is 2. The number of halogens is 2. The van der Waals surface area contributed by atoms with E-state index in [1.54, 1.807) is 30.3 Å². The van der Waals surface area contributed by atoms with E-state index in [0.717, 1.165) is 5.56 Å². The molecule has 2 N–H and O–H groups in total. The number of anilines is 1. The molecule has 0 fully saturated rings. The van der Waals surface area contributed by atoms with Gasteiger partial charge in [0.05, 0.1) is 5.69 Å². The molecule has 0 saturated heterocycles. The molecule has 0 spiro atoms. The zero-order valence-electron chi connectivity index (χ0n) is 11.7. The van der Waals surface area contributed by atoms with Gasteiger partial charge in [-0.3, -0.25) is 4.79 Å². The van der Waals surface area contributed by atoms with Gasteiger partial charge in [0, 0.05) is 15.6 Å². The molecule has 6 heteroatoms. The van der Waals surface area contributed by atoms with Crippen molar-refractivity contribution in [2.75, 3.05) is 5.32 Å². The number of amides is 1. The van der Waals surface area contributed by atoms with Crippen molar-refractivity contribution >= 4 is 34.8 Å². The SMILES string of the molecule is O=C(Nc1cc(Cl)ccc1O)c1ccc(-c2cccc(Cl)c2)o1. The average Bonchev–Trinajstić information content (AvgIpc) is 3.01. The Morgan fingerprint density at radius 3 is 2.57 bits per heavy atom. The molecule has 3 rings (SSSR count). The average molecular weight is 348 g/mol. The molecule has 3 aromatic rings. The number of phenols is 1. The number of phenolic OH excluding ortho intramolecular Hbond substituents is 1. The van der Waals surface area contributed by atoms with E-state index >= 15 is 0 Å². The predicted molar refractivity (Wildman–Crippen MR) is 90.2 cm³/mol. The van der Waals surface area contributed by atoms with E-state index in [4.69, 9.17) is 27.6 Å². The first-order valence-electron chi connectivity index (χ1n) is 6.68. The van der Waals surface area contributed by atoms with Crippen molar-refractivity contribution in [3.8, 4) is 17.1 Å². The number of rotatable bonds is 3. The molecule has 0 aliphatic heterocycles. The van der Waals surface area contributed by atoms with Crippen LogP contribution < -0.4 is 5.32 Å². The third-order valence-corrected chi connectivity index (χ3v) is 3.62. The molecule has 0 bridgehead atoms. The van der Waals surface area contributed by atoms with Crippen LogP contribution >= 0.6 is 23.2 Å². The topological polar surface area (TPSA) is 62.5 Å². The van der Waals surface area contributed by atoms with Crippen molar-refractivity contribution < 1.29 is 14.3 Å². The number of carbonyl (C=O) groups is 1. The summed E-state index contributed by atoms with van der Waals surface area (Å²) in [4.78, 5) is 12.2. The number of carbonyl (C=O) groups excluding carboxylic acids is 1. The van der Waals surface area contributed by atoms with Crippen molar-refractivity contribution in [3.63, 3.8) is 0 Å². The summed E-state index contributed by atoms with van der Waals surface area (Å²) in [7, 11) is 0. The highest BCUT2D eigenvalue weighted by molar-refractivity contribution is 6.31. The Morgan fingerprint density at radius 1 is 1.00 bits per heavy atom. The molecule has 1 heterocycles. The summed E-state index contributed by atoms with van der Waals surface area (Å²) in [6, 6.07) is 14.7.